The van der Waals surface area contributed by atoms with E-state index in [1.807, 2.05) is 0 Å². The van der Waals surface area contributed by atoms with Crippen LogP contribution in [-0.2, 0) is 14.3 Å². The number of furan rings is 1. The monoisotopic (exact) mass is 253 g/mol. The Morgan fingerprint density at radius 2 is 2.33 bits per heavy atom. The molecule has 0 aliphatic rings. The van der Waals surface area contributed by atoms with Crippen LogP contribution in [0.1, 0.15) is 12.2 Å². The molecule has 18 heavy (non-hydrogen) atoms. The third-order valence-electron chi connectivity index (χ3n) is 1.87. The molecule has 98 valence electrons. The van der Waals surface area contributed by atoms with Crippen molar-refractivity contribution in [2.75, 3.05) is 20.3 Å². The first-order valence-electron chi connectivity index (χ1n) is 5.33. The van der Waals surface area contributed by atoms with Crippen LogP contribution in [0.4, 0.5) is 0 Å². The fraction of sp³-hybridized carbons (Fsp3) is 0.364. The topological polar surface area (TPSA) is 92.9 Å². The summed E-state index contributed by atoms with van der Waals surface area (Å²) < 4.78 is 9.72. The third-order valence-corrected chi connectivity index (χ3v) is 1.87. The number of ether oxygens (including phenoxy) is 1. The number of rotatable bonds is 7. The van der Waals surface area contributed by atoms with Gasteiger partial charge in [-0.2, -0.15) is 5.10 Å². The second-order valence-electron chi connectivity index (χ2n) is 3.33. The summed E-state index contributed by atoms with van der Waals surface area (Å²) in [6.07, 6.45) is 2.56. The molecule has 0 aliphatic heterocycles. The molecule has 7 heteroatoms. The van der Waals surface area contributed by atoms with Crippen LogP contribution in [-0.4, -0.2) is 38.3 Å². The summed E-state index contributed by atoms with van der Waals surface area (Å²) in [6.45, 7) is 0.780. The first-order valence-corrected chi connectivity index (χ1v) is 5.33. The molecule has 1 aromatic heterocycles. The number of carbonyl (C=O) groups is 2. The van der Waals surface area contributed by atoms with Gasteiger partial charge in [0.15, 0.2) is 0 Å². The largest absolute Gasteiger partial charge is 0.463 e. The smallest absolute Gasteiger partial charge is 0.249 e. The molecule has 0 spiro atoms. The summed E-state index contributed by atoms with van der Waals surface area (Å²) in [5.41, 5.74) is 2.22. The molecule has 0 aliphatic carbocycles. The van der Waals surface area contributed by atoms with Crippen molar-refractivity contribution in [2.45, 2.75) is 6.42 Å². The van der Waals surface area contributed by atoms with E-state index in [4.69, 9.17) is 9.15 Å². The van der Waals surface area contributed by atoms with E-state index in [-0.39, 0.29) is 12.3 Å². The Balaban J connectivity index is 2.19. The molecular formula is C11H15N3O4. The average molecular weight is 253 g/mol. The summed E-state index contributed by atoms with van der Waals surface area (Å²) in [5, 5.41) is 6.16. The highest BCUT2D eigenvalue weighted by atomic mass is 16.5. The number of nitrogens with one attached hydrogen (secondary N) is 2. The van der Waals surface area contributed by atoms with Gasteiger partial charge in [0, 0.05) is 13.7 Å². The van der Waals surface area contributed by atoms with Crippen molar-refractivity contribution in [1.29, 1.82) is 0 Å². The van der Waals surface area contributed by atoms with Gasteiger partial charge in [0.1, 0.15) is 12.2 Å². The molecule has 0 saturated carbocycles. The van der Waals surface area contributed by atoms with Crippen LogP contribution in [0.3, 0.4) is 0 Å². The summed E-state index contributed by atoms with van der Waals surface area (Å²) >= 11 is 0. The number of hydrazone groups is 1. The van der Waals surface area contributed by atoms with E-state index < -0.39 is 5.91 Å². The van der Waals surface area contributed by atoms with Crippen LogP contribution in [0.2, 0.25) is 0 Å². The van der Waals surface area contributed by atoms with Crippen molar-refractivity contribution in [2.24, 2.45) is 5.10 Å². The predicted molar refractivity (Wildman–Crippen MR) is 63.9 cm³/mol. The molecule has 0 bridgehead atoms. The highest BCUT2D eigenvalue weighted by molar-refractivity contribution is 5.97. The molecule has 0 radical (unpaired) electrons. The molecule has 2 N–H and O–H groups in total. The number of carbonyl (C=O) groups excluding carboxylic acids is 2. The zero-order valence-corrected chi connectivity index (χ0v) is 10.0. The van der Waals surface area contributed by atoms with Gasteiger partial charge in [0.2, 0.25) is 11.8 Å². The van der Waals surface area contributed by atoms with E-state index in [1.165, 1.54) is 19.6 Å². The quantitative estimate of drug-likeness (QED) is 0.307. The second kappa shape index (κ2) is 8.02. The first kappa shape index (κ1) is 13.9. The number of nitrogens with zero attached hydrogens (tertiary/aromatic N) is 1. The Labute approximate surface area is 104 Å². The summed E-state index contributed by atoms with van der Waals surface area (Å²) in [6, 6.07) is 3.39. The van der Waals surface area contributed by atoms with E-state index in [1.54, 1.807) is 12.1 Å². The van der Waals surface area contributed by atoms with Crippen LogP contribution in [0.15, 0.2) is 27.9 Å². The lowest BCUT2D eigenvalue weighted by molar-refractivity contribution is -0.129. The summed E-state index contributed by atoms with van der Waals surface area (Å²) in [5.74, 6) is -0.356. The van der Waals surface area contributed by atoms with Gasteiger partial charge in [-0.25, -0.2) is 5.43 Å². The first-order chi connectivity index (χ1) is 8.72. The van der Waals surface area contributed by atoms with Gasteiger partial charge in [-0.3, -0.25) is 9.59 Å². The number of hydrogen-bond donors (Lipinski definition) is 2. The van der Waals surface area contributed by atoms with Crippen molar-refractivity contribution in [3.05, 3.63) is 24.2 Å². The van der Waals surface area contributed by atoms with Crippen LogP contribution in [0.25, 0.3) is 0 Å². The van der Waals surface area contributed by atoms with Gasteiger partial charge in [0.05, 0.1) is 19.1 Å². The maximum Gasteiger partial charge on any atom is 0.249 e. The fourth-order valence-electron chi connectivity index (χ4n) is 1.07. The molecule has 2 amide bonds. The van der Waals surface area contributed by atoms with Gasteiger partial charge in [0.25, 0.3) is 0 Å². The van der Waals surface area contributed by atoms with E-state index in [0.717, 1.165) is 0 Å². The number of methoxy groups -OCH3 is 1. The molecule has 0 fully saturated rings. The van der Waals surface area contributed by atoms with E-state index in [0.29, 0.717) is 18.9 Å². The molecule has 7 nitrogen and oxygen atoms in total. The maximum absolute atomic E-state index is 11.3. The second-order valence-corrected chi connectivity index (χ2v) is 3.33. The lowest BCUT2D eigenvalue weighted by Crippen LogP contribution is -2.31. The minimum absolute atomic E-state index is 0.279. The standard InChI is InChI=1S/C11H15N3O4/c1-17-6-4-12-10(15)7-11(16)14-13-8-9-3-2-5-18-9/h2-3,5,8H,4,6-7H2,1H3,(H,12,15)(H,14,16)/b13-8-. The molecule has 1 rings (SSSR count). The normalized spacial score (nSPS) is 10.5. The molecule has 0 unspecified atom stereocenters. The van der Waals surface area contributed by atoms with Crippen LogP contribution >= 0.6 is 0 Å². The van der Waals surface area contributed by atoms with Crippen LogP contribution < -0.4 is 10.7 Å². The SMILES string of the molecule is COCCNC(=O)CC(=O)N/N=C\c1ccco1. The Morgan fingerprint density at radius 3 is 3.00 bits per heavy atom. The molecule has 1 aromatic rings. The Morgan fingerprint density at radius 1 is 1.50 bits per heavy atom. The molecular weight excluding hydrogens is 238 g/mol. The lowest BCUT2D eigenvalue weighted by Gasteiger charge is -2.03. The maximum atomic E-state index is 11.3. The van der Waals surface area contributed by atoms with Crippen molar-refractivity contribution in [3.63, 3.8) is 0 Å². The zero-order valence-electron chi connectivity index (χ0n) is 10.0. The van der Waals surface area contributed by atoms with Crippen molar-refractivity contribution in [1.82, 2.24) is 10.7 Å². The number of hydrogen-bond acceptors (Lipinski definition) is 5. The van der Waals surface area contributed by atoms with Crippen LogP contribution in [0.5, 0.6) is 0 Å². The number of amides is 2. The van der Waals surface area contributed by atoms with Crippen molar-refractivity contribution in [3.8, 4) is 0 Å². The third kappa shape index (κ3) is 5.80. The van der Waals surface area contributed by atoms with Gasteiger partial charge in [-0.15, -0.1) is 0 Å². The van der Waals surface area contributed by atoms with Gasteiger partial charge in [-0.05, 0) is 12.1 Å². The highest BCUT2D eigenvalue weighted by Gasteiger charge is 2.07. The van der Waals surface area contributed by atoms with E-state index in [9.17, 15) is 9.59 Å². The van der Waals surface area contributed by atoms with E-state index >= 15 is 0 Å². The zero-order chi connectivity index (χ0) is 13.2. The van der Waals surface area contributed by atoms with Crippen molar-refractivity contribution < 1.29 is 18.7 Å². The molecule has 0 atom stereocenters. The summed E-state index contributed by atoms with van der Waals surface area (Å²) in [4.78, 5) is 22.5. The average Bonchev–Trinajstić information content (AvgIpc) is 2.82. The predicted octanol–water partition coefficient (Wildman–Crippen LogP) is -0.118. The Hall–Kier alpha value is -2.15. The molecule has 0 saturated heterocycles. The van der Waals surface area contributed by atoms with Gasteiger partial charge in [-0.1, -0.05) is 0 Å². The molecule has 1 heterocycles. The van der Waals surface area contributed by atoms with E-state index in [2.05, 4.69) is 15.8 Å². The van der Waals surface area contributed by atoms with Gasteiger partial charge < -0.3 is 14.5 Å². The van der Waals surface area contributed by atoms with Gasteiger partial charge >= 0.3 is 0 Å². The fourth-order valence-corrected chi connectivity index (χ4v) is 1.07. The summed E-state index contributed by atoms with van der Waals surface area (Å²) in [7, 11) is 1.53. The Bertz CT molecular complexity index is 400. The van der Waals surface area contributed by atoms with Crippen LogP contribution in [0, 0.1) is 0 Å². The Kier molecular flexibility index (Phi) is 6.20. The molecule has 0 aromatic carbocycles. The minimum atomic E-state index is -0.493. The lowest BCUT2D eigenvalue weighted by atomic mass is 10.4. The van der Waals surface area contributed by atoms with Crippen molar-refractivity contribution >= 4 is 18.0 Å². The minimum Gasteiger partial charge on any atom is -0.463 e. The highest BCUT2D eigenvalue weighted by Crippen LogP contribution is 1.94.